The Morgan fingerprint density at radius 2 is 2.40 bits per heavy atom. The molecule has 0 saturated carbocycles. The number of hydrogen-bond donors (Lipinski definition) is 2. The van der Waals surface area contributed by atoms with Crippen LogP contribution in [0.1, 0.15) is 12.8 Å². The number of aliphatic hydroxyl groups excluding tert-OH is 1. The molecule has 1 fully saturated rings. The van der Waals surface area contributed by atoms with Gasteiger partial charge in [0.05, 0.1) is 0 Å². The molecular formula is C7H16N2O. The van der Waals surface area contributed by atoms with E-state index in [0.717, 1.165) is 19.5 Å². The van der Waals surface area contributed by atoms with Crippen molar-refractivity contribution in [1.82, 2.24) is 4.90 Å². The van der Waals surface area contributed by atoms with E-state index in [4.69, 9.17) is 10.8 Å². The molecule has 3 nitrogen and oxygen atoms in total. The number of hydrogen-bond acceptors (Lipinski definition) is 3. The highest BCUT2D eigenvalue weighted by atomic mass is 16.3. The third-order valence-electron chi connectivity index (χ3n) is 2.14. The highest BCUT2D eigenvalue weighted by Gasteiger charge is 2.24. The lowest BCUT2D eigenvalue weighted by molar-refractivity contribution is 0.0878. The lowest BCUT2D eigenvalue weighted by atomic mass is 10.0. The van der Waals surface area contributed by atoms with Crippen molar-refractivity contribution in [3.63, 3.8) is 0 Å². The zero-order valence-corrected chi connectivity index (χ0v) is 6.29. The number of nitrogens with two attached hydrogens (primary N) is 1. The van der Waals surface area contributed by atoms with Gasteiger partial charge in [-0.25, -0.2) is 0 Å². The van der Waals surface area contributed by atoms with Crippen LogP contribution >= 0.6 is 0 Å². The van der Waals surface area contributed by atoms with E-state index in [1.165, 1.54) is 13.0 Å². The molecule has 0 amide bonds. The molecule has 0 spiro atoms. The van der Waals surface area contributed by atoms with Crippen LogP contribution < -0.4 is 5.73 Å². The molecule has 3 heteroatoms. The van der Waals surface area contributed by atoms with Crippen molar-refractivity contribution in [2.24, 2.45) is 5.73 Å². The van der Waals surface area contributed by atoms with E-state index in [-0.39, 0.29) is 0 Å². The maximum atomic E-state index is 8.54. The maximum Gasteiger partial charge on any atom is 0.0443 e. The Labute approximate surface area is 61.8 Å². The fraction of sp³-hybridized carbons (Fsp3) is 1.00. The van der Waals surface area contributed by atoms with Gasteiger partial charge in [-0.15, -0.1) is 0 Å². The molecule has 1 atom stereocenters. The molecule has 1 saturated heterocycles. The predicted molar refractivity (Wildman–Crippen MR) is 40.7 cm³/mol. The van der Waals surface area contributed by atoms with Crippen LogP contribution in [-0.2, 0) is 0 Å². The normalized spacial score (nSPS) is 26.4. The molecular weight excluding hydrogens is 128 g/mol. The van der Waals surface area contributed by atoms with Crippen LogP contribution in [0.3, 0.4) is 0 Å². The van der Waals surface area contributed by atoms with Gasteiger partial charge in [-0.1, -0.05) is 0 Å². The van der Waals surface area contributed by atoms with Gasteiger partial charge in [-0.3, -0.25) is 4.90 Å². The molecule has 3 N–H and O–H groups in total. The van der Waals surface area contributed by atoms with Crippen molar-refractivity contribution < 1.29 is 5.11 Å². The van der Waals surface area contributed by atoms with E-state index < -0.39 is 0 Å². The smallest absolute Gasteiger partial charge is 0.0443 e. The minimum absolute atomic E-state index is 0.299. The van der Waals surface area contributed by atoms with Gasteiger partial charge in [-0.2, -0.15) is 0 Å². The highest BCUT2D eigenvalue weighted by Crippen LogP contribution is 2.15. The molecule has 60 valence electrons. The number of rotatable bonds is 4. The van der Waals surface area contributed by atoms with Gasteiger partial charge in [0.1, 0.15) is 0 Å². The summed E-state index contributed by atoms with van der Waals surface area (Å²) >= 11 is 0. The van der Waals surface area contributed by atoms with E-state index >= 15 is 0 Å². The van der Waals surface area contributed by atoms with Gasteiger partial charge in [0, 0.05) is 32.3 Å². The SMILES string of the molecule is NCC1CCN1CCCO. The molecule has 10 heavy (non-hydrogen) atoms. The lowest BCUT2D eigenvalue weighted by Gasteiger charge is -2.40. The Morgan fingerprint density at radius 1 is 1.60 bits per heavy atom. The Hall–Kier alpha value is -0.120. The van der Waals surface area contributed by atoms with E-state index in [2.05, 4.69) is 4.90 Å². The Kier molecular flexibility index (Phi) is 3.12. The third-order valence-corrected chi connectivity index (χ3v) is 2.14. The van der Waals surface area contributed by atoms with Crippen molar-refractivity contribution in [2.75, 3.05) is 26.2 Å². The second kappa shape index (κ2) is 3.91. The molecule has 0 bridgehead atoms. The molecule has 0 aliphatic carbocycles. The minimum Gasteiger partial charge on any atom is -0.396 e. The standard InChI is InChI=1S/C7H16N2O/c8-6-7-2-4-9(7)3-1-5-10/h7,10H,1-6,8H2. The van der Waals surface area contributed by atoms with Crippen LogP contribution in [0.2, 0.25) is 0 Å². The molecule has 1 aliphatic heterocycles. The summed E-state index contributed by atoms with van der Waals surface area (Å²) in [6.07, 6.45) is 2.12. The van der Waals surface area contributed by atoms with Crippen LogP contribution in [0.25, 0.3) is 0 Å². The average Bonchev–Trinajstić information content (AvgIpc) is 1.88. The Morgan fingerprint density at radius 3 is 2.80 bits per heavy atom. The van der Waals surface area contributed by atoms with Crippen LogP contribution in [-0.4, -0.2) is 42.3 Å². The summed E-state index contributed by atoms with van der Waals surface area (Å²) in [5.74, 6) is 0. The summed E-state index contributed by atoms with van der Waals surface area (Å²) in [6.45, 7) is 3.25. The fourth-order valence-electron chi connectivity index (χ4n) is 1.33. The van der Waals surface area contributed by atoms with Crippen LogP contribution in [0, 0.1) is 0 Å². The number of nitrogens with zero attached hydrogens (tertiary/aromatic N) is 1. The third kappa shape index (κ3) is 1.68. The zero-order chi connectivity index (χ0) is 7.40. The van der Waals surface area contributed by atoms with Gasteiger partial charge in [0.2, 0.25) is 0 Å². The second-order valence-electron chi connectivity index (χ2n) is 2.79. The van der Waals surface area contributed by atoms with Crippen LogP contribution in [0.5, 0.6) is 0 Å². The van der Waals surface area contributed by atoms with E-state index in [0.29, 0.717) is 12.6 Å². The Bertz CT molecular complexity index is 95.6. The van der Waals surface area contributed by atoms with Crippen molar-refractivity contribution in [3.05, 3.63) is 0 Å². The maximum absolute atomic E-state index is 8.54. The molecule has 1 aliphatic rings. The van der Waals surface area contributed by atoms with Crippen molar-refractivity contribution >= 4 is 0 Å². The highest BCUT2D eigenvalue weighted by molar-refractivity contribution is 4.82. The summed E-state index contributed by atoms with van der Waals surface area (Å²) in [5.41, 5.74) is 5.49. The van der Waals surface area contributed by atoms with E-state index in [9.17, 15) is 0 Å². The van der Waals surface area contributed by atoms with Gasteiger partial charge in [0.25, 0.3) is 0 Å². The zero-order valence-electron chi connectivity index (χ0n) is 6.29. The molecule has 1 rings (SSSR count). The van der Waals surface area contributed by atoms with Crippen LogP contribution in [0.4, 0.5) is 0 Å². The second-order valence-corrected chi connectivity index (χ2v) is 2.79. The van der Waals surface area contributed by atoms with E-state index in [1.54, 1.807) is 0 Å². The quantitative estimate of drug-likeness (QED) is 0.554. The molecule has 1 heterocycles. The summed E-state index contributed by atoms with van der Waals surface area (Å²) in [5, 5.41) is 8.54. The Balaban J connectivity index is 2.05. The van der Waals surface area contributed by atoms with Gasteiger partial charge in [-0.05, 0) is 12.8 Å². The van der Waals surface area contributed by atoms with Gasteiger partial charge in [0.15, 0.2) is 0 Å². The topological polar surface area (TPSA) is 49.5 Å². The summed E-state index contributed by atoms with van der Waals surface area (Å²) in [7, 11) is 0. The average molecular weight is 144 g/mol. The van der Waals surface area contributed by atoms with E-state index in [1.807, 2.05) is 0 Å². The first-order valence-corrected chi connectivity index (χ1v) is 3.93. The monoisotopic (exact) mass is 144 g/mol. The molecule has 0 aromatic heterocycles. The number of likely N-dealkylation sites (tertiary alicyclic amines) is 1. The first kappa shape index (κ1) is 7.98. The van der Waals surface area contributed by atoms with Crippen molar-refractivity contribution in [1.29, 1.82) is 0 Å². The summed E-state index contributed by atoms with van der Waals surface area (Å²) in [6, 6.07) is 0.603. The largest absolute Gasteiger partial charge is 0.396 e. The molecule has 0 aromatic carbocycles. The first-order chi connectivity index (χ1) is 4.88. The fourth-order valence-corrected chi connectivity index (χ4v) is 1.33. The summed E-state index contributed by atoms with van der Waals surface area (Å²) < 4.78 is 0. The minimum atomic E-state index is 0.299. The van der Waals surface area contributed by atoms with Crippen molar-refractivity contribution in [3.8, 4) is 0 Å². The van der Waals surface area contributed by atoms with Crippen LogP contribution in [0.15, 0.2) is 0 Å². The molecule has 0 radical (unpaired) electrons. The number of aliphatic hydroxyl groups is 1. The molecule has 0 aromatic rings. The lowest BCUT2D eigenvalue weighted by Crippen LogP contribution is -2.51. The van der Waals surface area contributed by atoms with Crippen molar-refractivity contribution in [2.45, 2.75) is 18.9 Å². The molecule has 1 unspecified atom stereocenters. The predicted octanol–water partition coefficient (Wildman–Crippen LogP) is -0.598. The summed E-state index contributed by atoms with van der Waals surface area (Å²) in [4.78, 5) is 2.33. The first-order valence-electron chi connectivity index (χ1n) is 3.93. The van der Waals surface area contributed by atoms with Gasteiger partial charge < -0.3 is 10.8 Å². The van der Waals surface area contributed by atoms with Gasteiger partial charge >= 0.3 is 0 Å².